The summed E-state index contributed by atoms with van der Waals surface area (Å²) in [6.07, 6.45) is 0. The summed E-state index contributed by atoms with van der Waals surface area (Å²) in [6, 6.07) is 13.8. The van der Waals surface area contributed by atoms with E-state index in [2.05, 4.69) is 42.7 Å². The second kappa shape index (κ2) is 7.93. The standard InChI is InChI=1S/C19H23N3OS/c1-13-5-6-14(2)17(11-13)21-19(24)22(4)12-15-7-9-16(10-8-15)18(23)20-3/h5-11H,12H2,1-4H3,(H,20,23)(H,21,24). The smallest absolute Gasteiger partial charge is 0.251 e. The third-order valence-electron chi connectivity index (χ3n) is 3.84. The minimum atomic E-state index is -0.0815. The predicted molar refractivity (Wildman–Crippen MR) is 103 cm³/mol. The lowest BCUT2D eigenvalue weighted by atomic mass is 10.1. The van der Waals surface area contributed by atoms with Gasteiger partial charge in [-0.2, -0.15) is 0 Å². The molecule has 0 aliphatic rings. The van der Waals surface area contributed by atoms with Crippen LogP contribution in [0, 0.1) is 13.8 Å². The van der Waals surface area contributed by atoms with Gasteiger partial charge < -0.3 is 15.5 Å². The SMILES string of the molecule is CNC(=O)c1ccc(CN(C)C(=S)Nc2cc(C)ccc2C)cc1. The Labute approximate surface area is 148 Å². The molecule has 4 nitrogen and oxygen atoms in total. The van der Waals surface area contributed by atoms with Crippen LogP contribution in [0.1, 0.15) is 27.0 Å². The quantitative estimate of drug-likeness (QED) is 0.836. The highest BCUT2D eigenvalue weighted by molar-refractivity contribution is 7.80. The van der Waals surface area contributed by atoms with E-state index in [1.165, 1.54) is 5.56 Å². The Kier molecular flexibility index (Phi) is 5.93. The molecular formula is C19H23N3OS. The molecule has 2 aromatic carbocycles. The van der Waals surface area contributed by atoms with Gasteiger partial charge in [-0.25, -0.2) is 0 Å². The second-order valence-electron chi connectivity index (χ2n) is 5.88. The van der Waals surface area contributed by atoms with Crippen LogP contribution in [-0.2, 0) is 6.54 Å². The lowest BCUT2D eigenvalue weighted by Gasteiger charge is -2.22. The summed E-state index contributed by atoms with van der Waals surface area (Å²) in [7, 11) is 3.58. The van der Waals surface area contributed by atoms with Crippen LogP contribution in [-0.4, -0.2) is 30.0 Å². The van der Waals surface area contributed by atoms with E-state index >= 15 is 0 Å². The third kappa shape index (κ3) is 4.55. The van der Waals surface area contributed by atoms with E-state index in [-0.39, 0.29) is 5.91 Å². The highest BCUT2D eigenvalue weighted by atomic mass is 32.1. The number of hydrogen-bond donors (Lipinski definition) is 2. The van der Waals surface area contributed by atoms with Gasteiger partial charge in [-0.1, -0.05) is 24.3 Å². The molecule has 0 aliphatic heterocycles. The number of anilines is 1. The molecule has 0 fully saturated rings. The van der Waals surface area contributed by atoms with Crippen LogP contribution in [0.2, 0.25) is 0 Å². The van der Waals surface area contributed by atoms with Gasteiger partial charge in [-0.15, -0.1) is 0 Å². The number of amides is 1. The fourth-order valence-corrected chi connectivity index (χ4v) is 2.51. The molecule has 126 valence electrons. The first-order chi connectivity index (χ1) is 11.4. The maximum absolute atomic E-state index is 11.6. The van der Waals surface area contributed by atoms with Crippen molar-refractivity contribution in [1.82, 2.24) is 10.2 Å². The van der Waals surface area contributed by atoms with Crippen molar-refractivity contribution >= 4 is 28.9 Å². The number of carbonyl (C=O) groups excluding carboxylic acids is 1. The van der Waals surface area contributed by atoms with E-state index in [4.69, 9.17) is 12.2 Å². The van der Waals surface area contributed by atoms with E-state index < -0.39 is 0 Å². The van der Waals surface area contributed by atoms with Crippen molar-refractivity contribution in [1.29, 1.82) is 0 Å². The molecule has 0 radical (unpaired) electrons. The Morgan fingerprint density at radius 1 is 1.12 bits per heavy atom. The zero-order valence-electron chi connectivity index (χ0n) is 14.5. The Balaban J connectivity index is 2.01. The summed E-state index contributed by atoms with van der Waals surface area (Å²) < 4.78 is 0. The largest absolute Gasteiger partial charge is 0.355 e. The number of hydrogen-bond acceptors (Lipinski definition) is 2. The molecule has 0 unspecified atom stereocenters. The lowest BCUT2D eigenvalue weighted by Crippen LogP contribution is -2.30. The molecule has 2 aromatic rings. The van der Waals surface area contributed by atoms with Crippen LogP contribution in [0.5, 0.6) is 0 Å². The topological polar surface area (TPSA) is 44.4 Å². The van der Waals surface area contributed by atoms with Crippen LogP contribution in [0.25, 0.3) is 0 Å². The minimum Gasteiger partial charge on any atom is -0.355 e. The highest BCUT2D eigenvalue weighted by Crippen LogP contribution is 2.17. The normalized spacial score (nSPS) is 10.2. The summed E-state index contributed by atoms with van der Waals surface area (Å²) in [5, 5.41) is 6.59. The van der Waals surface area contributed by atoms with Crippen LogP contribution >= 0.6 is 12.2 Å². The Bertz CT molecular complexity index is 741. The van der Waals surface area contributed by atoms with Crippen molar-refractivity contribution in [3.8, 4) is 0 Å². The summed E-state index contributed by atoms with van der Waals surface area (Å²) in [6.45, 7) is 4.79. The fourth-order valence-electron chi connectivity index (χ4n) is 2.33. The van der Waals surface area contributed by atoms with Crippen molar-refractivity contribution < 1.29 is 4.79 Å². The summed E-state index contributed by atoms with van der Waals surface area (Å²) in [4.78, 5) is 13.5. The van der Waals surface area contributed by atoms with Crippen LogP contribution in [0.3, 0.4) is 0 Å². The minimum absolute atomic E-state index is 0.0815. The first kappa shape index (κ1) is 17.9. The summed E-state index contributed by atoms with van der Waals surface area (Å²) in [5.74, 6) is -0.0815. The van der Waals surface area contributed by atoms with Gasteiger partial charge in [-0.05, 0) is 61.0 Å². The maximum Gasteiger partial charge on any atom is 0.251 e. The molecule has 5 heteroatoms. The van der Waals surface area contributed by atoms with Crippen molar-refractivity contribution in [2.45, 2.75) is 20.4 Å². The zero-order valence-corrected chi connectivity index (χ0v) is 15.3. The second-order valence-corrected chi connectivity index (χ2v) is 6.27. The number of rotatable bonds is 4. The van der Waals surface area contributed by atoms with E-state index in [1.807, 2.05) is 36.2 Å². The molecule has 0 heterocycles. The number of benzene rings is 2. The van der Waals surface area contributed by atoms with Crippen LogP contribution in [0.4, 0.5) is 5.69 Å². The van der Waals surface area contributed by atoms with Gasteiger partial charge in [0.05, 0.1) is 0 Å². The Morgan fingerprint density at radius 2 is 1.79 bits per heavy atom. The number of nitrogens with zero attached hydrogens (tertiary/aromatic N) is 1. The highest BCUT2D eigenvalue weighted by Gasteiger charge is 2.08. The molecule has 0 saturated heterocycles. The molecule has 2 rings (SSSR count). The first-order valence-electron chi connectivity index (χ1n) is 7.81. The molecular weight excluding hydrogens is 318 g/mol. The number of thiocarbonyl (C=S) groups is 1. The fraction of sp³-hybridized carbons (Fsp3) is 0.263. The van der Waals surface area contributed by atoms with Crippen molar-refractivity contribution in [2.24, 2.45) is 0 Å². The Hall–Kier alpha value is -2.40. The van der Waals surface area contributed by atoms with Gasteiger partial charge in [-0.3, -0.25) is 4.79 Å². The van der Waals surface area contributed by atoms with Gasteiger partial charge in [0.15, 0.2) is 5.11 Å². The van der Waals surface area contributed by atoms with Gasteiger partial charge in [0.1, 0.15) is 0 Å². The predicted octanol–water partition coefficient (Wildman–Crippen LogP) is 3.49. The van der Waals surface area contributed by atoms with E-state index in [0.717, 1.165) is 16.8 Å². The third-order valence-corrected chi connectivity index (χ3v) is 4.26. The van der Waals surface area contributed by atoms with Gasteiger partial charge in [0, 0.05) is 31.9 Å². The Morgan fingerprint density at radius 3 is 2.42 bits per heavy atom. The molecule has 0 spiro atoms. The molecule has 0 aromatic heterocycles. The van der Waals surface area contributed by atoms with Gasteiger partial charge in [0.25, 0.3) is 5.91 Å². The zero-order chi connectivity index (χ0) is 17.7. The molecule has 2 N–H and O–H groups in total. The van der Waals surface area contributed by atoms with Crippen molar-refractivity contribution in [2.75, 3.05) is 19.4 Å². The van der Waals surface area contributed by atoms with Crippen LogP contribution < -0.4 is 10.6 Å². The molecule has 0 bridgehead atoms. The molecule has 0 saturated carbocycles. The number of nitrogens with one attached hydrogen (secondary N) is 2. The van der Waals surface area contributed by atoms with Crippen molar-refractivity contribution in [3.63, 3.8) is 0 Å². The number of aryl methyl sites for hydroxylation is 2. The van der Waals surface area contributed by atoms with E-state index in [0.29, 0.717) is 17.2 Å². The van der Waals surface area contributed by atoms with E-state index in [9.17, 15) is 4.79 Å². The number of carbonyl (C=O) groups is 1. The maximum atomic E-state index is 11.6. The first-order valence-corrected chi connectivity index (χ1v) is 8.22. The summed E-state index contributed by atoms with van der Waals surface area (Å²) >= 11 is 5.50. The average Bonchev–Trinajstić information content (AvgIpc) is 2.58. The molecule has 1 amide bonds. The average molecular weight is 341 g/mol. The van der Waals surface area contributed by atoms with Gasteiger partial charge >= 0.3 is 0 Å². The van der Waals surface area contributed by atoms with E-state index in [1.54, 1.807) is 7.05 Å². The molecule has 24 heavy (non-hydrogen) atoms. The molecule has 0 aliphatic carbocycles. The molecule has 0 atom stereocenters. The van der Waals surface area contributed by atoms with Crippen LogP contribution in [0.15, 0.2) is 42.5 Å². The monoisotopic (exact) mass is 341 g/mol. The lowest BCUT2D eigenvalue weighted by molar-refractivity contribution is 0.0963. The van der Waals surface area contributed by atoms with Crippen molar-refractivity contribution in [3.05, 3.63) is 64.7 Å². The summed E-state index contributed by atoms with van der Waals surface area (Å²) in [5.41, 5.74) is 5.13. The van der Waals surface area contributed by atoms with Gasteiger partial charge in [0.2, 0.25) is 0 Å².